The van der Waals surface area contributed by atoms with E-state index in [4.69, 9.17) is 4.74 Å². The van der Waals surface area contributed by atoms with Crippen molar-refractivity contribution in [2.45, 2.75) is 63.6 Å². The maximum Gasteiger partial charge on any atom is 0.237 e. The van der Waals surface area contributed by atoms with Crippen molar-refractivity contribution in [1.29, 1.82) is 0 Å². The molecule has 0 aliphatic carbocycles. The molecule has 1 amide bonds. The quantitative estimate of drug-likeness (QED) is 0.784. The summed E-state index contributed by atoms with van der Waals surface area (Å²) in [5.41, 5.74) is 3.02. The number of para-hydroxylation sites is 1. The molecule has 1 aromatic carbocycles. The van der Waals surface area contributed by atoms with Gasteiger partial charge in [0.1, 0.15) is 5.82 Å². The van der Waals surface area contributed by atoms with E-state index in [1.807, 2.05) is 45.9 Å². The Hall–Kier alpha value is -1.86. The molecule has 0 radical (unpaired) electrons. The van der Waals surface area contributed by atoms with E-state index in [1.165, 1.54) is 11.8 Å². The van der Waals surface area contributed by atoms with Crippen LogP contribution >= 0.6 is 11.8 Å². The SMILES string of the molecule is Cc1cccc(C)c1NC(=O)[C@H](C)Sc1nnc(C)n1C[C@H]1CCCO1. The maximum atomic E-state index is 12.7. The van der Waals surface area contributed by atoms with Crippen molar-refractivity contribution in [2.24, 2.45) is 0 Å². The summed E-state index contributed by atoms with van der Waals surface area (Å²) in [6.07, 6.45) is 2.37. The highest BCUT2D eigenvalue weighted by Crippen LogP contribution is 2.26. The van der Waals surface area contributed by atoms with Gasteiger partial charge in [-0.05, 0) is 51.7 Å². The molecule has 1 aliphatic heterocycles. The molecule has 1 saturated heterocycles. The first-order valence-corrected chi connectivity index (χ1v) is 9.89. The molecule has 0 spiro atoms. The molecule has 1 fully saturated rings. The topological polar surface area (TPSA) is 69.0 Å². The number of nitrogens with one attached hydrogen (secondary N) is 1. The third-order valence-electron chi connectivity index (χ3n) is 4.69. The van der Waals surface area contributed by atoms with E-state index in [0.717, 1.165) is 53.8 Å². The molecule has 1 aromatic heterocycles. The summed E-state index contributed by atoms with van der Waals surface area (Å²) in [5.74, 6) is 0.821. The van der Waals surface area contributed by atoms with Crippen molar-refractivity contribution in [3.8, 4) is 0 Å². The van der Waals surface area contributed by atoms with Gasteiger partial charge in [0, 0.05) is 12.3 Å². The predicted molar refractivity (Wildman–Crippen MR) is 104 cm³/mol. The van der Waals surface area contributed by atoms with Gasteiger partial charge in [-0.15, -0.1) is 10.2 Å². The molecule has 7 heteroatoms. The van der Waals surface area contributed by atoms with Crippen LogP contribution in [0.4, 0.5) is 5.69 Å². The number of nitrogens with zero attached hydrogens (tertiary/aromatic N) is 3. The highest BCUT2D eigenvalue weighted by molar-refractivity contribution is 8.00. The summed E-state index contributed by atoms with van der Waals surface area (Å²) in [6.45, 7) is 9.40. The van der Waals surface area contributed by atoms with Gasteiger partial charge in [0.05, 0.1) is 17.9 Å². The van der Waals surface area contributed by atoms with Crippen LogP contribution in [-0.4, -0.2) is 38.6 Å². The van der Waals surface area contributed by atoms with Gasteiger partial charge in [0.15, 0.2) is 5.16 Å². The number of aromatic nitrogens is 3. The maximum absolute atomic E-state index is 12.7. The smallest absolute Gasteiger partial charge is 0.237 e. The Balaban J connectivity index is 1.67. The van der Waals surface area contributed by atoms with Crippen LogP contribution in [0.3, 0.4) is 0 Å². The first kappa shape index (κ1) is 18.9. The number of anilines is 1. The van der Waals surface area contributed by atoms with E-state index in [0.29, 0.717) is 0 Å². The number of amides is 1. The van der Waals surface area contributed by atoms with Crippen molar-refractivity contribution in [3.05, 3.63) is 35.2 Å². The van der Waals surface area contributed by atoms with Crippen molar-refractivity contribution < 1.29 is 9.53 Å². The number of carbonyl (C=O) groups excluding carboxylic acids is 1. The summed E-state index contributed by atoms with van der Waals surface area (Å²) < 4.78 is 7.79. The van der Waals surface area contributed by atoms with E-state index in [2.05, 4.69) is 20.1 Å². The third-order valence-corrected chi connectivity index (χ3v) is 5.77. The molecule has 1 N–H and O–H groups in total. The third kappa shape index (κ3) is 4.27. The van der Waals surface area contributed by atoms with E-state index in [9.17, 15) is 4.79 Å². The van der Waals surface area contributed by atoms with E-state index in [1.54, 1.807) is 0 Å². The Morgan fingerprint density at radius 2 is 2.08 bits per heavy atom. The lowest BCUT2D eigenvalue weighted by atomic mass is 10.1. The molecular weight excluding hydrogens is 348 g/mol. The molecule has 6 nitrogen and oxygen atoms in total. The summed E-state index contributed by atoms with van der Waals surface area (Å²) in [7, 11) is 0. The second-order valence-electron chi connectivity index (χ2n) is 6.79. The predicted octanol–water partition coefficient (Wildman–Crippen LogP) is 3.50. The van der Waals surface area contributed by atoms with E-state index in [-0.39, 0.29) is 17.3 Å². The molecule has 1 aliphatic rings. The Kier molecular flexibility index (Phi) is 5.98. The largest absolute Gasteiger partial charge is 0.376 e. The minimum Gasteiger partial charge on any atom is -0.376 e. The normalized spacial score (nSPS) is 18.1. The molecule has 2 heterocycles. The standard InChI is InChI=1S/C19H26N4O2S/c1-12-7-5-8-13(2)17(12)20-18(24)14(3)26-19-22-21-15(4)23(19)11-16-9-6-10-25-16/h5,7-8,14,16H,6,9-11H2,1-4H3,(H,20,24)/t14-,16+/m0/s1. The van der Waals surface area contributed by atoms with Gasteiger partial charge in [0.2, 0.25) is 5.91 Å². The lowest BCUT2D eigenvalue weighted by Gasteiger charge is -2.17. The number of rotatable bonds is 6. The average Bonchev–Trinajstić information content (AvgIpc) is 3.23. The van der Waals surface area contributed by atoms with Crippen LogP contribution < -0.4 is 5.32 Å². The van der Waals surface area contributed by atoms with E-state index >= 15 is 0 Å². The summed E-state index contributed by atoms with van der Waals surface area (Å²) in [4.78, 5) is 12.7. The molecule has 140 valence electrons. The summed E-state index contributed by atoms with van der Waals surface area (Å²) in [5, 5.41) is 12.0. The van der Waals surface area contributed by atoms with Gasteiger partial charge in [-0.1, -0.05) is 30.0 Å². The van der Waals surface area contributed by atoms with Crippen LogP contribution in [0, 0.1) is 20.8 Å². The van der Waals surface area contributed by atoms with Crippen LogP contribution in [0.1, 0.15) is 36.7 Å². The first-order chi connectivity index (χ1) is 12.5. The minimum absolute atomic E-state index is 0.0308. The molecule has 0 saturated carbocycles. The summed E-state index contributed by atoms with van der Waals surface area (Å²) >= 11 is 1.44. The number of hydrogen-bond donors (Lipinski definition) is 1. The highest BCUT2D eigenvalue weighted by Gasteiger charge is 2.23. The molecule has 2 aromatic rings. The fourth-order valence-electron chi connectivity index (χ4n) is 3.10. The van der Waals surface area contributed by atoms with Crippen molar-refractivity contribution in [2.75, 3.05) is 11.9 Å². The molecule has 26 heavy (non-hydrogen) atoms. The fraction of sp³-hybridized carbons (Fsp3) is 0.526. The molecule has 3 rings (SSSR count). The molecule has 0 unspecified atom stereocenters. The zero-order valence-corrected chi connectivity index (χ0v) is 16.6. The van der Waals surface area contributed by atoms with Crippen LogP contribution in [0.5, 0.6) is 0 Å². The first-order valence-electron chi connectivity index (χ1n) is 9.01. The molecule has 2 atom stereocenters. The number of aryl methyl sites for hydroxylation is 3. The fourth-order valence-corrected chi connectivity index (χ4v) is 4.00. The van der Waals surface area contributed by atoms with Crippen molar-refractivity contribution in [3.63, 3.8) is 0 Å². The van der Waals surface area contributed by atoms with Gasteiger partial charge < -0.3 is 14.6 Å². The van der Waals surface area contributed by atoms with Gasteiger partial charge in [-0.3, -0.25) is 4.79 Å². The number of carbonyl (C=O) groups is 1. The Morgan fingerprint density at radius 3 is 2.73 bits per heavy atom. The summed E-state index contributed by atoms with van der Waals surface area (Å²) in [6, 6.07) is 6.00. The second-order valence-corrected chi connectivity index (χ2v) is 8.10. The van der Waals surface area contributed by atoms with Gasteiger partial charge >= 0.3 is 0 Å². The van der Waals surface area contributed by atoms with Gasteiger partial charge in [-0.2, -0.15) is 0 Å². The number of hydrogen-bond acceptors (Lipinski definition) is 5. The van der Waals surface area contributed by atoms with Gasteiger partial charge in [-0.25, -0.2) is 0 Å². The van der Waals surface area contributed by atoms with Gasteiger partial charge in [0.25, 0.3) is 0 Å². The zero-order valence-electron chi connectivity index (χ0n) is 15.8. The minimum atomic E-state index is -0.277. The number of ether oxygens (including phenoxy) is 1. The van der Waals surface area contributed by atoms with Crippen molar-refractivity contribution in [1.82, 2.24) is 14.8 Å². The average molecular weight is 375 g/mol. The monoisotopic (exact) mass is 374 g/mol. The lowest BCUT2D eigenvalue weighted by molar-refractivity contribution is -0.115. The van der Waals surface area contributed by atoms with Crippen LogP contribution in [-0.2, 0) is 16.1 Å². The highest BCUT2D eigenvalue weighted by atomic mass is 32.2. The van der Waals surface area contributed by atoms with Crippen LogP contribution in [0.15, 0.2) is 23.4 Å². The van der Waals surface area contributed by atoms with Crippen LogP contribution in [0.2, 0.25) is 0 Å². The number of thioether (sulfide) groups is 1. The molecule has 0 bridgehead atoms. The molecular formula is C19H26N4O2S. The van der Waals surface area contributed by atoms with Crippen LogP contribution in [0.25, 0.3) is 0 Å². The Morgan fingerprint density at radius 1 is 1.35 bits per heavy atom. The van der Waals surface area contributed by atoms with E-state index < -0.39 is 0 Å². The lowest BCUT2D eigenvalue weighted by Crippen LogP contribution is -2.24. The zero-order chi connectivity index (χ0) is 18.7. The number of benzene rings is 1. The second kappa shape index (κ2) is 8.22. The van der Waals surface area contributed by atoms with Crippen molar-refractivity contribution >= 4 is 23.4 Å². The Bertz CT molecular complexity index is 764. The Labute approximate surface area is 158 Å².